The van der Waals surface area contributed by atoms with Gasteiger partial charge in [-0.25, -0.2) is 18.0 Å². The lowest BCUT2D eigenvalue weighted by Gasteiger charge is -2.28. The molecule has 0 bridgehead atoms. The van der Waals surface area contributed by atoms with Gasteiger partial charge >= 0.3 is 11.9 Å². The summed E-state index contributed by atoms with van der Waals surface area (Å²) in [5.74, 6) is -1.41. The second kappa shape index (κ2) is 7.36. The summed E-state index contributed by atoms with van der Waals surface area (Å²) in [5, 5.41) is 0. The van der Waals surface area contributed by atoms with Crippen molar-refractivity contribution in [3.8, 4) is 0 Å². The Labute approximate surface area is 153 Å². The van der Waals surface area contributed by atoms with Gasteiger partial charge in [-0.2, -0.15) is 4.31 Å². The Bertz CT molecular complexity index is 775. The van der Waals surface area contributed by atoms with Gasteiger partial charge in [0.05, 0.1) is 30.2 Å². The third-order valence-electron chi connectivity index (χ3n) is 4.92. The number of hydrogen-bond donors (Lipinski definition) is 0. The highest BCUT2D eigenvalue weighted by Crippen LogP contribution is 2.39. The predicted molar refractivity (Wildman–Crippen MR) is 93.4 cm³/mol. The molecule has 0 saturated heterocycles. The molecular formula is C18H23NO6S. The molecule has 1 aromatic rings. The van der Waals surface area contributed by atoms with E-state index in [0.29, 0.717) is 0 Å². The Morgan fingerprint density at radius 2 is 1.35 bits per heavy atom. The lowest BCUT2D eigenvalue weighted by atomic mass is 10.1. The van der Waals surface area contributed by atoms with Gasteiger partial charge in [0.25, 0.3) is 0 Å². The Balaban J connectivity index is 2.07. The molecule has 142 valence electrons. The van der Waals surface area contributed by atoms with Crippen LogP contribution in [0.5, 0.6) is 0 Å². The maximum Gasteiger partial charge on any atom is 0.337 e. The molecule has 0 unspecified atom stereocenters. The van der Waals surface area contributed by atoms with Crippen LogP contribution >= 0.6 is 0 Å². The van der Waals surface area contributed by atoms with E-state index in [4.69, 9.17) is 9.47 Å². The van der Waals surface area contributed by atoms with E-state index < -0.39 is 22.0 Å². The molecule has 2 saturated carbocycles. The molecule has 1 aromatic carbocycles. The van der Waals surface area contributed by atoms with Gasteiger partial charge in [-0.15, -0.1) is 0 Å². The number of carbonyl (C=O) groups is 2. The first-order valence-corrected chi connectivity index (χ1v) is 10.2. The van der Waals surface area contributed by atoms with E-state index in [9.17, 15) is 18.0 Å². The Morgan fingerprint density at radius 1 is 0.885 bits per heavy atom. The van der Waals surface area contributed by atoms with Crippen LogP contribution in [0.4, 0.5) is 0 Å². The summed E-state index contributed by atoms with van der Waals surface area (Å²) in [6, 6.07) is 3.83. The van der Waals surface area contributed by atoms with Crippen LogP contribution in [-0.2, 0) is 19.5 Å². The number of ether oxygens (including phenoxy) is 2. The molecule has 2 fully saturated rings. The highest BCUT2D eigenvalue weighted by atomic mass is 32.2. The molecule has 2 aliphatic rings. The number of nitrogens with zero attached hydrogens (tertiary/aromatic N) is 1. The van der Waals surface area contributed by atoms with E-state index in [0.717, 1.165) is 38.5 Å². The van der Waals surface area contributed by atoms with E-state index in [1.54, 1.807) is 4.31 Å². The third-order valence-corrected chi connectivity index (χ3v) is 6.90. The molecule has 2 aliphatic carbocycles. The second-order valence-corrected chi connectivity index (χ2v) is 8.58. The van der Waals surface area contributed by atoms with E-state index in [2.05, 4.69) is 0 Å². The van der Waals surface area contributed by atoms with Gasteiger partial charge in [-0.1, -0.05) is 12.8 Å². The largest absolute Gasteiger partial charge is 0.465 e. The predicted octanol–water partition coefficient (Wildman–Crippen LogP) is 2.36. The van der Waals surface area contributed by atoms with Crippen molar-refractivity contribution in [2.45, 2.75) is 55.5 Å². The first kappa shape index (κ1) is 18.8. The van der Waals surface area contributed by atoms with Gasteiger partial charge in [0.1, 0.15) is 0 Å². The van der Waals surface area contributed by atoms with Gasteiger partial charge in [-0.3, -0.25) is 0 Å². The van der Waals surface area contributed by atoms with Crippen LogP contribution in [0.3, 0.4) is 0 Å². The molecule has 0 radical (unpaired) electrons. The van der Waals surface area contributed by atoms with Crippen molar-refractivity contribution >= 4 is 22.0 Å². The standard InChI is InChI=1S/C18H23NO6S/c1-24-17(20)12-9-13(18(21)25-2)11-16(10-12)26(22,23)19(15-7-8-15)14-5-3-4-6-14/h9-11,14-15H,3-8H2,1-2H3. The summed E-state index contributed by atoms with van der Waals surface area (Å²) < 4.78 is 37.7. The maximum atomic E-state index is 13.3. The molecule has 3 rings (SSSR count). The number of carbonyl (C=O) groups excluding carboxylic acids is 2. The minimum absolute atomic E-state index is 0.00598. The third kappa shape index (κ3) is 3.61. The molecule has 0 N–H and O–H groups in total. The smallest absolute Gasteiger partial charge is 0.337 e. The lowest BCUT2D eigenvalue weighted by Crippen LogP contribution is -2.40. The van der Waals surface area contributed by atoms with Crippen molar-refractivity contribution in [1.82, 2.24) is 4.31 Å². The highest BCUT2D eigenvalue weighted by molar-refractivity contribution is 7.89. The summed E-state index contributed by atoms with van der Waals surface area (Å²) in [7, 11) is -1.42. The molecule has 0 spiro atoms. The van der Waals surface area contributed by atoms with Gasteiger partial charge in [0.15, 0.2) is 0 Å². The molecule has 0 aromatic heterocycles. The molecule has 7 nitrogen and oxygen atoms in total. The van der Waals surface area contributed by atoms with Crippen molar-refractivity contribution in [2.24, 2.45) is 0 Å². The van der Waals surface area contributed by atoms with Crippen LogP contribution < -0.4 is 0 Å². The van der Waals surface area contributed by atoms with Gasteiger partial charge in [-0.05, 0) is 43.9 Å². The van der Waals surface area contributed by atoms with Crippen LogP contribution in [0.25, 0.3) is 0 Å². The van der Waals surface area contributed by atoms with Crippen molar-refractivity contribution in [3.05, 3.63) is 29.3 Å². The Hall–Kier alpha value is -1.93. The zero-order valence-corrected chi connectivity index (χ0v) is 15.8. The fourth-order valence-electron chi connectivity index (χ4n) is 3.52. The minimum Gasteiger partial charge on any atom is -0.465 e. The van der Waals surface area contributed by atoms with Crippen molar-refractivity contribution in [1.29, 1.82) is 0 Å². The van der Waals surface area contributed by atoms with E-state index in [-0.39, 0.29) is 28.1 Å². The summed E-state index contributed by atoms with van der Waals surface area (Å²) in [6.07, 6.45) is 5.40. The summed E-state index contributed by atoms with van der Waals surface area (Å²) in [5.41, 5.74) is 0.0206. The molecular weight excluding hydrogens is 358 g/mol. The molecule has 0 amide bonds. The Kier molecular flexibility index (Phi) is 5.34. The number of esters is 2. The van der Waals surface area contributed by atoms with Crippen molar-refractivity contribution < 1.29 is 27.5 Å². The fraction of sp³-hybridized carbons (Fsp3) is 0.556. The van der Waals surface area contributed by atoms with Crippen LogP contribution in [-0.4, -0.2) is 51.0 Å². The van der Waals surface area contributed by atoms with E-state index >= 15 is 0 Å². The number of sulfonamides is 1. The van der Waals surface area contributed by atoms with Crippen LogP contribution in [0.2, 0.25) is 0 Å². The lowest BCUT2D eigenvalue weighted by molar-refractivity contribution is 0.0598. The summed E-state index contributed by atoms with van der Waals surface area (Å²) in [4.78, 5) is 23.8. The number of benzene rings is 1. The average molecular weight is 381 g/mol. The zero-order chi connectivity index (χ0) is 18.9. The zero-order valence-electron chi connectivity index (χ0n) is 14.9. The normalized spacial score (nSPS) is 18.1. The number of hydrogen-bond acceptors (Lipinski definition) is 6. The fourth-order valence-corrected chi connectivity index (χ4v) is 5.52. The average Bonchev–Trinajstić information content (AvgIpc) is 3.33. The summed E-state index contributed by atoms with van der Waals surface area (Å²) >= 11 is 0. The molecule has 0 heterocycles. The maximum absolute atomic E-state index is 13.3. The van der Waals surface area contributed by atoms with Crippen LogP contribution in [0, 0.1) is 0 Å². The van der Waals surface area contributed by atoms with Gasteiger partial charge in [0, 0.05) is 12.1 Å². The molecule has 8 heteroatoms. The van der Waals surface area contributed by atoms with E-state index in [1.165, 1.54) is 32.4 Å². The molecule has 0 aliphatic heterocycles. The first-order chi connectivity index (χ1) is 12.4. The van der Waals surface area contributed by atoms with Gasteiger partial charge < -0.3 is 9.47 Å². The minimum atomic E-state index is -3.83. The van der Waals surface area contributed by atoms with Crippen molar-refractivity contribution in [3.63, 3.8) is 0 Å². The first-order valence-electron chi connectivity index (χ1n) is 8.73. The molecule has 26 heavy (non-hydrogen) atoms. The second-order valence-electron chi connectivity index (χ2n) is 6.73. The SMILES string of the molecule is COC(=O)c1cc(C(=O)OC)cc(S(=O)(=O)N(C2CCCC2)C2CC2)c1. The van der Waals surface area contributed by atoms with Crippen LogP contribution in [0.1, 0.15) is 59.2 Å². The van der Waals surface area contributed by atoms with Gasteiger partial charge in [0.2, 0.25) is 10.0 Å². The quantitative estimate of drug-likeness (QED) is 0.703. The molecule has 0 atom stereocenters. The van der Waals surface area contributed by atoms with E-state index in [1.807, 2.05) is 0 Å². The highest BCUT2D eigenvalue weighted by Gasteiger charge is 2.43. The van der Waals surface area contributed by atoms with Crippen molar-refractivity contribution in [2.75, 3.05) is 14.2 Å². The number of rotatable bonds is 6. The summed E-state index contributed by atoms with van der Waals surface area (Å²) in [6.45, 7) is 0. The topological polar surface area (TPSA) is 90.0 Å². The van der Waals surface area contributed by atoms with Crippen LogP contribution in [0.15, 0.2) is 23.1 Å². The monoisotopic (exact) mass is 381 g/mol. The Morgan fingerprint density at radius 3 is 1.77 bits per heavy atom. The number of methoxy groups -OCH3 is 2.